The van der Waals surface area contributed by atoms with Crippen molar-refractivity contribution in [2.24, 2.45) is 5.92 Å². The molecule has 1 N–H and O–H groups in total. The van der Waals surface area contributed by atoms with E-state index in [0.717, 1.165) is 6.42 Å². The monoisotopic (exact) mass is 280 g/mol. The highest BCUT2D eigenvalue weighted by Gasteiger charge is 2.41. The summed E-state index contributed by atoms with van der Waals surface area (Å²) in [6.07, 6.45) is -1.11. The maximum atomic E-state index is 12.6. The molecule has 6 heteroatoms. The van der Waals surface area contributed by atoms with Crippen LogP contribution in [-0.4, -0.2) is 43.7 Å². The topological polar surface area (TPSA) is 32.3 Å². The maximum Gasteiger partial charge on any atom is 0.391 e. The Morgan fingerprint density at radius 1 is 1.32 bits per heavy atom. The van der Waals surface area contributed by atoms with Gasteiger partial charge in [0.25, 0.3) is 0 Å². The van der Waals surface area contributed by atoms with Crippen LogP contribution in [-0.2, 0) is 4.79 Å². The second kappa shape index (κ2) is 7.12. The summed E-state index contributed by atoms with van der Waals surface area (Å²) in [6.45, 7) is 0.606. The molecule has 1 aliphatic rings. The van der Waals surface area contributed by atoms with Crippen LogP contribution in [0.3, 0.4) is 0 Å². The van der Waals surface area contributed by atoms with Crippen LogP contribution < -0.4 is 5.32 Å². The zero-order valence-corrected chi connectivity index (χ0v) is 11.6. The number of amides is 1. The fraction of sp³-hybridized carbons (Fsp3) is 0.923. The first-order valence-corrected chi connectivity index (χ1v) is 6.81. The number of nitrogens with one attached hydrogen (secondary N) is 1. The van der Waals surface area contributed by atoms with E-state index in [4.69, 9.17) is 0 Å². The van der Waals surface area contributed by atoms with E-state index in [0.29, 0.717) is 25.8 Å². The van der Waals surface area contributed by atoms with Gasteiger partial charge in [-0.3, -0.25) is 4.79 Å². The Morgan fingerprint density at radius 2 is 2.00 bits per heavy atom. The van der Waals surface area contributed by atoms with Gasteiger partial charge < -0.3 is 10.2 Å². The largest absolute Gasteiger partial charge is 0.391 e. The van der Waals surface area contributed by atoms with Crippen LogP contribution in [0, 0.1) is 5.92 Å². The SMILES string of the molecule is CN(C)C(=O)CCCN[C@@H]1CCC[C@@H](C(F)(F)F)C1. The van der Waals surface area contributed by atoms with Gasteiger partial charge in [-0.2, -0.15) is 13.2 Å². The molecule has 0 aromatic carbocycles. The van der Waals surface area contributed by atoms with Gasteiger partial charge in [-0.25, -0.2) is 0 Å². The van der Waals surface area contributed by atoms with Gasteiger partial charge in [0.15, 0.2) is 0 Å². The molecule has 1 rings (SSSR count). The lowest BCUT2D eigenvalue weighted by molar-refractivity contribution is -0.183. The number of halogens is 3. The number of hydrogen-bond donors (Lipinski definition) is 1. The van der Waals surface area contributed by atoms with Crippen molar-refractivity contribution in [2.75, 3.05) is 20.6 Å². The molecular formula is C13H23F3N2O. The van der Waals surface area contributed by atoms with Crippen LogP contribution in [0.5, 0.6) is 0 Å². The van der Waals surface area contributed by atoms with Gasteiger partial charge in [0.2, 0.25) is 5.91 Å². The molecule has 0 heterocycles. The van der Waals surface area contributed by atoms with Crippen molar-refractivity contribution in [1.82, 2.24) is 10.2 Å². The van der Waals surface area contributed by atoms with Crippen molar-refractivity contribution < 1.29 is 18.0 Å². The summed E-state index contributed by atoms with van der Waals surface area (Å²) in [6, 6.07) is -0.0603. The predicted molar refractivity (Wildman–Crippen MR) is 67.7 cm³/mol. The minimum atomic E-state index is -4.07. The third kappa shape index (κ3) is 5.80. The Bertz CT molecular complexity index is 292. The summed E-state index contributed by atoms with van der Waals surface area (Å²) < 4.78 is 37.9. The van der Waals surface area contributed by atoms with Crippen molar-refractivity contribution in [3.8, 4) is 0 Å². The van der Waals surface area contributed by atoms with Crippen molar-refractivity contribution in [3.63, 3.8) is 0 Å². The van der Waals surface area contributed by atoms with E-state index in [-0.39, 0.29) is 24.8 Å². The molecule has 2 atom stereocenters. The Morgan fingerprint density at radius 3 is 2.58 bits per heavy atom. The van der Waals surface area contributed by atoms with E-state index in [1.807, 2.05) is 0 Å². The molecule has 0 spiro atoms. The van der Waals surface area contributed by atoms with E-state index in [2.05, 4.69) is 5.32 Å². The molecule has 0 unspecified atom stereocenters. The van der Waals surface area contributed by atoms with E-state index < -0.39 is 12.1 Å². The molecule has 1 fully saturated rings. The van der Waals surface area contributed by atoms with Crippen molar-refractivity contribution in [1.29, 1.82) is 0 Å². The molecule has 0 bridgehead atoms. The molecule has 0 saturated heterocycles. The zero-order chi connectivity index (χ0) is 14.5. The third-order valence-electron chi connectivity index (χ3n) is 3.64. The number of hydrogen-bond acceptors (Lipinski definition) is 2. The van der Waals surface area contributed by atoms with Gasteiger partial charge in [0.05, 0.1) is 5.92 Å². The van der Waals surface area contributed by atoms with Crippen LogP contribution in [0.2, 0.25) is 0 Å². The zero-order valence-electron chi connectivity index (χ0n) is 11.6. The second-order valence-electron chi connectivity index (χ2n) is 5.45. The highest BCUT2D eigenvalue weighted by Crippen LogP contribution is 2.37. The molecule has 1 amide bonds. The third-order valence-corrected chi connectivity index (χ3v) is 3.64. The van der Waals surface area contributed by atoms with Gasteiger partial charge in [0, 0.05) is 26.6 Å². The van der Waals surface area contributed by atoms with E-state index >= 15 is 0 Å². The van der Waals surface area contributed by atoms with E-state index in [9.17, 15) is 18.0 Å². The first-order chi connectivity index (χ1) is 8.80. The Balaban J connectivity index is 2.21. The average Bonchev–Trinajstić information content (AvgIpc) is 2.33. The second-order valence-corrected chi connectivity index (χ2v) is 5.45. The van der Waals surface area contributed by atoms with Crippen LogP contribution >= 0.6 is 0 Å². The molecular weight excluding hydrogens is 257 g/mol. The molecule has 3 nitrogen and oxygen atoms in total. The predicted octanol–water partition coefficient (Wildman–Crippen LogP) is 2.57. The average molecular weight is 280 g/mol. The summed E-state index contributed by atoms with van der Waals surface area (Å²) in [5, 5.41) is 3.15. The Labute approximate surface area is 112 Å². The van der Waals surface area contributed by atoms with Gasteiger partial charge >= 0.3 is 6.18 Å². The van der Waals surface area contributed by atoms with Crippen molar-refractivity contribution >= 4 is 5.91 Å². The summed E-state index contributed by atoms with van der Waals surface area (Å²) in [7, 11) is 3.40. The Kier molecular flexibility index (Phi) is 6.10. The standard InChI is InChI=1S/C13H23F3N2O/c1-18(2)12(19)7-4-8-17-11-6-3-5-10(9-11)13(14,15)16/h10-11,17H,3-9H2,1-2H3/t10-,11-/m1/s1. The van der Waals surface area contributed by atoms with Crippen LogP contribution in [0.15, 0.2) is 0 Å². The summed E-state index contributed by atoms with van der Waals surface area (Å²) in [4.78, 5) is 12.9. The number of nitrogens with zero attached hydrogens (tertiary/aromatic N) is 1. The highest BCUT2D eigenvalue weighted by molar-refractivity contribution is 5.75. The minimum Gasteiger partial charge on any atom is -0.349 e. The smallest absolute Gasteiger partial charge is 0.349 e. The fourth-order valence-corrected chi connectivity index (χ4v) is 2.44. The molecule has 0 aromatic rings. The van der Waals surface area contributed by atoms with E-state index in [1.54, 1.807) is 14.1 Å². The summed E-state index contributed by atoms with van der Waals surface area (Å²) in [5.41, 5.74) is 0. The first-order valence-electron chi connectivity index (χ1n) is 6.81. The van der Waals surface area contributed by atoms with Gasteiger partial charge in [-0.05, 0) is 32.2 Å². The van der Waals surface area contributed by atoms with Crippen LogP contribution in [0.1, 0.15) is 38.5 Å². The molecule has 1 saturated carbocycles. The lowest BCUT2D eigenvalue weighted by atomic mass is 9.85. The number of alkyl halides is 3. The van der Waals surface area contributed by atoms with Crippen LogP contribution in [0.4, 0.5) is 13.2 Å². The van der Waals surface area contributed by atoms with Crippen molar-refractivity contribution in [3.05, 3.63) is 0 Å². The number of rotatable bonds is 5. The molecule has 19 heavy (non-hydrogen) atoms. The normalized spacial score (nSPS) is 24.3. The fourth-order valence-electron chi connectivity index (χ4n) is 2.44. The summed E-state index contributed by atoms with van der Waals surface area (Å²) >= 11 is 0. The highest BCUT2D eigenvalue weighted by atomic mass is 19.4. The van der Waals surface area contributed by atoms with Gasteiger partial charge in [0.1, 0.15) is 0 Å². The Hall–Kier alpha value is -0.780. The van der Waals surface area contributed by atoms with Crippen LogP contribution in [0.25, 0.3) is 0 Å². The first kappa shape index (κ1) is 16.3. The minimum absolute atomic E-state index is 0.0543. The molecule has 0 radical (unpaired) electrons. The number of carbonyl (C=O) groups excluding carboxylic acids is 1. The quantitative estimate of drug-likeness (QED) is 0.785. The molecule has 0 aromatic heterocycles. The molecule has 0 aliphatic heterocycles. The summed E-state index contributed by atoms with van der Waals surface area (Å²) in [5.74, 6) is -1.11. The van der Waals surface area contributed by atoms with E-state index in [1.165, 1.54) is 4.90 Å². The van der Waals surface area contributed by atoms with Gasteiger partial charge in [-0.15, -0.1) is 0 Å². The number of carbonyl (C=O) groups is 1. The lowest BCUT2D eigenvalue weighted by Crippen LogP contribution is -2.39. The maximum absolute atomic E-state index is 12.6. The molecule has 112 valence electrons. The lowest BCUT2D eigenvalue weighted by Gasteiger charge is -2.31. The molecule has 1 aliphatic carbocycles. The van der Waals surface area contributed by atoms with Gasteiger partial charge in [-0.1, -0.05) is 6.42 Å². The van der Waals surface area contributed by atoms with Crippen molar-refractivity contribution in [2.45, 2.75) is 50.7 Å².